The van der Waals surface area contributed by atoms with E-state index in [1.807, 2.05) is 45.0 Å². The summed E-state index contributed by atoms with van der Waals surface area (Å²) in [5.74, 6) is 5.98. The maximum atomic E-state index is 12.4. The Morgan fingerprint density at radius 1 is 1.11 bits per heavy atom. The molecule has 1 aromatic heterocycles. The molecule has 5 nitrogen and oxygen atoms in total. The van der Waals surface area contributed by atoms with Crippen LogP contribution in [0.2, 0.25) is 0 Å². The molecule has 0 unspecified atom stereocenters. The third-order valence-electron chi connectivity index (χ3n) is 4.09. The van der Waals surface area contributed by atoms with Gasteiger partial charge in [-0.2, -0.15) is 0 Å². The maximum Gasteiger partial charge on any atom is 0.257 e. The summed E-state index contributed by atoms with van der Waals surface area (Å²) in [6, 6.07) is 11.4. The molecule has 0 aliphatic carbocycles. The van der Waals surface area contributed by atoms with Gasteiger partial charge in [0.2, 0.25) is 0 Å². The number of pyridine rings is 1. The Bertz CT molecular complexity index is 834. The lowest BCUT2D eigenvalue weighted by molar-refractivity contribution is 0.102. The van der Waals surface area contributed by atoms with E-state index in [0.717, 1.165) is 37.7 Å². The number of anilines is 2. The minimum Gasteiger partial charge on any atom is -0.378 e. The number of nitrogens with one attached hydrogen (secondary N) is 1. The van der Waals surface area contributed by atoms with Crippen molar-refractivity contribution in [3.05, 3.63) is 53.9 Å². The van der Waals surface area contributed by atoms with Gasteiger partial charge in [-0.05, 0) is 63.1 Å². The zero-order valence-electron chi connectivity index (χ0n) is 16.1. The highest BCUT2D eigenvalue weighted by Gasteiger charge is 2.12. The maximum absolute atomic E-state index is 12.4. The van der Waals surface area contributed by atoms with Crippen LogP contribution < -0.4 is 10.2 Å². The van der Waals surface area contributed by atoms with Crippen molar-refractivity contribution >= 4 is 17.3 Å². The van der Waals surface area contributed by atoms with Crippen LogP contribution in [0.1, 0.15) is 36.8 Å². The van der Waals surface area contributed by atoms with Crippen molar-refractivity contribution in [2.24, 2.45) is 5.41 Å². The number of carbonyl (C=O) groups excluding carboxylic acids is 1. The van der Waals surface area contributed by atoms with Crippen molar-refractivity contribution in [1.29, 1.82) is 0 Å². The Morgan fingerprint density at radius 3 is 2.41 bits per heavy atom. The van der Waals surface area contributed by atoms with Gasteiger partial charge < -0.3 is 15.0 Å². The molecule has 27 heavy (non-hydrogen) atoms. The fourth-order valence-corrected chi connectivity index (χ4v) is 2.63. The number of amides is 1. The fourth-order valence-electron chi connectivity index (χ4n) is 2.63. The molecule has 1 aliphatic heterocycles. The smallest absolute Gasteiger partial charge is 0.257 e. The normalized spacial score (nSPS) is 14.3. The van der Waals surface area contributed by atoms with Crippen LogP contribution in [0, 0.1) is 17.3 Å². The van der Waals surface area contributed by atoms with Crippen LogP contribution in [0.5, 0.6) is 0 Å². The monoisotopic (exact) mass is 363 g/mol. The van der Waals surface area contributed by atoms with E-state index in [1.165, 1.54) is 0 Å². The lowest BCUT2D eigenvalue weighted by atomic mass is 9.98. The SMILES string of the molecule is CC(C)(C)C#Cc1ccc(C(=O)Nc2ccc(N3CCOCC3)cc2)cn1. The van der Waals surface area contributed by atoms with E-state index >= 15 is 0 Å². The van der Waals surface area contributed by atoms with Gasteiger partial charge in [-0.15, -0.1) is 0 Å². The summed E-state index contributed by atoms with van der Waals surface area (Å²) < 4.78 is 5.37. The highest BCUT2D eigenvalue weighted by Crippen LogP contribution is 2.19. The van der Waals surface area contributed by atoms with Crippen molar-refractivity contribution in [2.75, 3.05) is 36.5 Å². The van der Waals surface area contributed by atoms with Gasteiger partial charge in [0.1, 0.15) is 5.69 Å². The van der Waals surface area contributed by atoms with Crippen molar-refractivity contribution in [3.8, 4) is 11.8 Å². The average molecular weight is 363 g/mol. The Kier molecular flexibility index (Phi) is 5.78. The minimum atomic E-state index is -0.183. The molecule has 0 bridgehead atoms. The standard InChI is InChI=1S/C22H25N3O2/c1-22(2,3)11-10-18-5-4-17(16-23-18)21(26)24-19-6-8-20(9-7-19)25-12-14-27-15-13-25/h4-9,16H,12-15H2,1-3H3,(H,24,26). The van der Waals surface area contributed by atoms with Crippen LogP contribution in [0.3, 0.4) is 0 Å². The first-order valence-corrected chi connectivity index (χ1v) is 9.14. The van der Waals surface area contributed by atoms with Crippen LogP contribution in [-0.4, -0.2) is 37.2 Å². The Balaban J connectivity index is 1.62. The van der Waals surface area contributed by atoms with E-state index in [-0.39, 0.29) is 11.3 Å². The molecule has 1 saturated heterocycles. The van der Waals surface area contributed by atoms with Crippen molar-refractivity contribution in [2.45, 2.75) is 20.8 Å². The molecular formula is C22H25N3O2. The number of hydrogen-bond donors (Lipinski definition) is 1. The quantitative estimate of drug-likeness (QED) is 0.847. The molecular weight excluding hydrogens is 338 g/mol. The molecule has 1 N–H and O–H groups in total. The largest absolute Gasteiger partial charge is 0.378 e. The summed E-state index contributed by atoms with van der Waals surface area (Å²) in [6.07, 6.45) is 1.56. The Hall–Kier alpha value is -2.84. The van der Waals surface area contributed by atoms with E-state index < -0.39 is 0 Å². The first-order valence-electron chi connectivity index (χ1n) is 9.14. The molecule has 0 saturated carbocycles. The lowest BCUT2D eigenvalue weighted by Crippen LogP contribution is -2.36. The molecule has 5 heteroatoms. The van der Waals surface area contributed by atoms with Gasteiger partial charge in [0.15, 0.2) is 0 Å². The molecule has 1 fully saturated rings. The summed E-state index contributed by atoms with van der Waals surface area (Å²) >= 11 is 0. The second kappa shape index (κ2) is 8.24. The van der Waals surface area contributed by atoms with E-state index in [2.05, 4.69) is 27.0 Å². The number of nitrogens with zero attached hydrogens (tertiary/aromatic N) is 2. The predicted octanol–water partition coefficient (Wildman–Crippen LogP) is 3.57. The molecule has 3 rings (SSSR count). The number of morpholine rings is 1. The molecule has 2 aromatic rings. The number of benzene rings is 1. The van der Waals surface area contributed by atoms with Crippen molar-refractivity contribution < 1.29 is 9.53 Å². The molecule has 0 atom stereocenters. The highest BCUT2D eigenvalue weighted by molar-refractivity contribution is 6.04. The van der Waals surface area contributed by atoms with Gasteiger partial charge in [0, 0.05) is 36.1 Å². The lowest BCUT2D eigenvalue weighted by Gasteiger charge is -2.28. The van der Waals surface area contributed by atoms with E-state index in [9.17, 15) is 4.79 Å². The van der Waals surface area contributed by atoms with E-state index in [4.69, 9.17) is 4.74 Å². The number of hydrogen-bond acceptors (Lipinski definition) is 4. The van der Waals surface area contributed by atoms with Gasteiger partial charge >= 0.3 is 0 Å². The second-order valence-corrected chi connectivity index (χ2v) is 7.53. The fraction of sp³-hybridized carbons (Fsp3) is 0.364. The van der Waals surface area contributed by atoms with E-state index in [0.29, 0.717) is 11.3 Å². The number of aromatic nitrogens is 1. The van der Waals surface area contributed by atoms with Gasteiger partial charge in [-0.1, -0.05) is 5.92 Å². The number of carbonyl (C=O) groups is 1. The van der Waals surface area contributed by atoms with Crippen LogP contribution in [0.25, 0.3) is 0 Å². The highest BCUT2D eigenvalue weighted by atomic mass is 16.5. The van der Waals surface area contributed by atoms with E-state index in [1.54, 1.807) is 18.3 Å². The molecule has 1 amide bonds. The average Bonchev–Trinajstić information content (AvgIpc) is 2.67. The topological polar surface area (TPSA) is 54.5 Å². The molecule has 0 spiro atoms. The van der Waals surface area contributed by atoms with Gasteiger partial charge in [-0.3, -0.25) is 4.79 Å². The summed E-state index contributed by atoms with van der Waals surface area (Å²) in [5, 5.41) is 2.91. The zero-order chi connectivity index (χ0) is 19.3. The number of ether oxygens (including phenoxy) is 1. The summed E-state index contributed by atoms with van der Waals surface area (Å²) in [4.78, 5) is 19.0. The van der Waals surface area contributed by atoms with Crippen LogP contribution in [-0.2, 0) is 4.74 Å². The minimum absolute atomic E-state index is 0.0783. The summed E-state index contributed by atoms with van der Waals surface area (Å²) in [7, 11) is 0. The Morgan fingerprint density at radius 2 is 1.81 bits per heavy atom. The molecule has 1 aliphatic rings. The molecule has 140 valence electrons. The van der Waals surface area contributed by atoms with Crippen LogP contribution in [0.4, 0.5) is 11.4 Å². The number of rotatable bonds is 3. The van der Waals surface area contributed by atoms with Crippen LogP contribution in [0.15, 0.2) is 42.6 Å². The first kappa shape index (κ1) is 18.9. The van der Waals surface area contributed by atoms with Gasteiger partial charge in [0.05, 0.1) is 18.8 Å². The summed E-state index contributed by atoms with van der Waals surface area (Å²) in [5.41, 5.74) is 2.99. The van der Waals surface area contributed by atoms with Gasteiger partial charge in [-0.25, -0.2) is 4.98 Å². The van der Waals surface area contributed by atoms with Crippen molar-refractivity contribution in [1.82, 2.24) is 4.98 Å². The molecule has 1 aromatic carbocycles. The zero-order valence-corrected chi connectivity index (χ0v) is 16.1. The van der Waals surface area contributed by atoms with Crippen molar-refractivity contribution in [3.63, 3.8) is 0 Å². The third-order valence-corrected chi connectivity index (χ3v) is 4.09. The van der Waals surface area contributed by atoms with Crippen LogP contribution >= 0.6 is 0 Å². The Labute approximate surface area is 160 Å². The molecule has 2 heterocycles. The predicted molar refractivity (Wildman–Crippen MR) is 108 cm³/mol. The third kappa shape index (κ3) is 5.57. The first-order chi connectivity index (χ1) is 12.9. The van der Waals surface area contributed by atoms with Gasteiger partial charge in [0.25, 0.3) is 5.91 Å². The second-order valence-electron chi connectivity index (χ2n) is 7.53. The summed E-state index contributed by atoms with van der Waals surface area (Å²) in [6.45, 7) is 9.43. The molecule has 0 radical (unpaired) electrons.